The van der Waals surface area contributed by atoms with Gasteiger partial charge in [-0.25, -0.2) is 24.7 Å². The van der Waals surface area contributed by atoms with Crippen LogP contribution in [0.3, 0.4) is 0 Å². The fraction of sp³-hybridized carbons (Fsp3) is 0.269. The van der Waals surface area contributed by atoms with Crippen LogP contribution in [-0.4, -0.2) is 75.2 Å². The third-order valence-electron chi connectivity index (χ3n) is 14.7. The van der Waals surface area contributed by atoms with Crippen LogP contribution < -0.4 is 50.1 Å². The smallest absolute Gasteiger partial charge is 0.337 e. The molecule has 0 fully saturated rings. The molecule has 0 unspecified atom stereocenters. The Balaban J connectivity index is 0.000000150. The van der Waals surface area contributed by atoms with Gasteiger partial charge in [-0.15, -0.1) is 0 Å². The molecule has 4 aliphatic carbocycles. The first-order valence-electron chi connectivity index (χ1n) is 27.0. The Bertz CT molecular complexity index is 4750. The van der Waals surface area contributed by atoms with Crippen LogP contribution in [0.1, 0.15) is 74.8 Å². The largest absolute Gasteiger partial charge is 0.497 e. The van der Waals surface area contributed by atoms with E-state index in [0.29, 0.717) is 176 Å². The van der Waals surface area contributed by atoms with Crippen LogP contribution >= 0.6 is 0 Å². The number of methoxy groups -OCH3 is 6. The predicted octanol–water partition coefficient (Wildman–Crippen LogP) is 12.8. The zero-order chi connectivity index (χ0) is 62.2. The van der Waals surface area contributed by atoms with E-state index < -0.39 is 5.97 Å². The van der Waals surface area contributed by atoms with Crippen molar-refractivity contribution in [1.29, 1.82) is 0 Å². The van der Waals surface area contributed by atoms with Crippen LogP contribution in [0.25, 0.3) is 90.2 Å². The van der Waals surface area contributed by atoms with Gasteiger partial charge in [0.25, 0.3) is 0 Å². The molecule has 0 amide bonds. The molecule has 4 aliphatic heterocycles. The molecule has 0 bridgehead atoms. The Kier molecular flexibility index (Phi) is 18.3. The van der Waals surface area contributed by atoms with Crippen LogP contribution in [0.15, 0.2) is 110 Å². The van der Waals surface area contributed by atoms with Gasteiger partial charge in [0.05, 0.1) is 54.8 Å². The summed E-state index contributed by atoms with van der Waals surface area (Å²) < 4.78 is 60.2. The molecule has 8 aliphatic rings. The molecule has 0 saturated carbocycles. The Hall–Kier alpha value is -10.4. The summed E-state index contributed by atoms with van der Waals surface area (Å²) in [5.74, 6) is 4.47. The van der Waals surface area contributed by atoms with Gasteiger partial charge < -0.3 is 50.8 Å². The zero-order valence-electron chi connectivity index (χ0n) is 50.5. The van der Waals surface area contributed by atoms with Crippen molar-refractivity contribution in [3.8, 4) is 80.3 Å². The van der Waals surface area contributed by atoms with Crippen LogP contribution in [0.5, 0.6) is 34.5 Å². The normalized spacial score (nSPS) is 10.9. The first kappa shape index (κ1) is 62.7. The number of hydrogen-bond acceptors (Lipinski definition) is 20. The third-order valence-corrected chi connectivity index (χ3v) is 14.7. The van der Waals surface area contributed by atoms with Gasteiger partial charge in [0.1, 0.15) is 56.3 Å². The minimum absolute atomic E-state index is 0. The van der Waals surface area contributed by atoms with Crippen molar-refractivity contribution in [2.45, 2.75) is 76.7 Å². The lowest BCUT2D eigenvalue weighted by molar-refractivity contribution is 0.0600. The summed E-state index contributed by atoms with van der Waals surface area (Å²) in [6.07, 6.45) is 0. The number of nitrogens with zero attached hydrogens (tertiary/aromatic N) is 4. The third kappa shape index (κ3) is 11.5. The molecule has 450 valence electrons. The van der Waals surface area contributed by atoms with Crippen LogP contribution in [-0.2, 0) is 4.74 Å². The zero-order valence-corrected chi connectivity index (χ0v) is 50.5. The highest BCUT2D eigenvalue weighted by Gasteiger charge is 2.28. The van der Waals surface area contributed by atoms with E-state index in [0.717, 1.165) is 11.1 Å². The van der Waals surface area contributed by atoms with Crippen molar-refractivity contribution in [1.82, 2.24) is 19.9 Å². The monoisotopic (exact) mass is 1180 g/mol. The summed E-state index contributed by atoms with van der Waals surface area (Å²) in [5.41, 5.74) is 12.3. The number of hydrogen-bond donors (Lipinski definition) is 0. The molecule has 0 radical (unpaired) electrons. The highest BCUT2D eigenvalue weighted by molar-refractivity contribution is 5.94. The summed E-state index contributed by atoms with van der Waals surface area (Å²) in [7, 11) is 8.98. The van der Waals surface area contributed by atoms with Gasteiger partial charge in [0.2, 0.25) is 0 Å². The standard InChI is InChI=1S/C17H15NO5.C17H17NO4.C16H15NO4.C16H15NO3.CH4/c1-8-14(19)9(2)16-13(15(8)21-3)18-11-6-5-10(17(20)22-4)7-12(11)23-16;1-5-21-11-6-7-12-13(8-11)22-17-10(3)15(19)9(2)16(20-4)14(17)18-12;1-8-14(18)9(2)16-13(15(8)20-4)17-11-6-5-10(19-3)7-12(11)21-16;1-8-5-6-11-12(7-8)20-16-10(3)14(18)9(2)15(19-4)13(16)17-11;/h5-7H,1-4H3;6-8H,5H2,1-4H3;5-7H,1-4H3;5-7H,1-4H3;1H4. The Morgan fingerprint density at radius 1 is 0.391 bits per heavy atom. The quantitative estimate of drug-likeness (QED) is 0.101. The second-order valence-electron chi connectivity index (χ2n) is 20.1. The number of fused-ring (bicyclic) bond motifs is 8. The van der Waals surface area contributed by atoms with Gasteiger partial charge in [0.15, 0.2) is 90.1 Å². The average molecular weight is 1180 g/mol. The number of esters is 1. The summed E-state index contributed by atoms with van der Waals surface area (Å²) in [5, 5.41) is 0. The second kappa shape index (κ2) is 25.5. The molecule has 20 nitrogen and oxygen atoms in total. The van der Waals surface area contributed by atoms with Crippen molar-refractivity contribution in [3.63, 3.8) is 0 Å². The average Bonchev–Trinajstić information content (AvgIpc) is 1.27. The maximum atomic E-state index is 12.3. The molecule has 0 saturated heterocycles. The molecule has 0 aromatic heterocycles. The highest BCUT2D eigenvalue weighted by atomic mass is 16.5. The number of ether oxygens (including phenoxy) is 7. The van der Waals surface area contributed by atoms with Crippen molar-refractivity contribution in [2.24, 2.45) is 0 Å². The van der Waals surface area contributed by atoms with Crippen LogP contribution in [0.2, 0.25) is 0 Å². The van der Waals surface area contributed by atoms with Gasteiger partial charge in [-0.2, -0.15) is 0 Å². The van der Waals surface area contributed by atoms with E-state index in [9.17, 15) is 24.0 Å². The minimum Gasteiger partial charge on any atom is -0.497 e. The maximum absolute atomic E-state index is 12.3. The molecule has 12 rings (SSSR count). The topological polar surface area (TPSA) is 254 Å². The van der Waals surface area contributed by atoms with E-state index in [1.165, 1.54) is 35.5 Å². The van der Waals surface area contributed by atoms with E-state index in [2.05, 4.69) is 19.9 Å². The number of aromatic nitrogens is 4. The molecule has 4 aromatic rings. The van der Waals surface area contributed by atoms with E-state index >= 15 is 0 Å². The van der Waals surface area contributed by atoms with Gasteiger partial charge in [-0.1, -0.05) is 13.5 Å². The maximum Gasteiger partial charge on any atom is 0.337 e. The Morgan fingerprint density at radius 3 is 1.03 bits per heavy atom. The fourth-order valence-electron chi connectivity index (χ4n) is 10.1. The second-order valence-corrected chi connectivity index (χ2v) is 20.1. The van der Waals surface area contributed by atoms with E-state index in [4.69, 9.17) is 50.8 Å². The number of benzene rings is 8. The van der Waals surface area contributed by atoms with Crippen molar-refractivity contribution >= 4 is 50.4 Å². The van der Waals surface area contributed by atoms with E-state index in [1.807, 2.05) is 56.3 Å². The highest BCUT2D eigenvalue weighted by Crippen LogP contribution is 2.40. The predicted molar refractivity (Wildman–Crippen MR) is 332 cm³/mol. The van der Waals surface area contributed by atoms with Crippen molar-refractivity contribution < 1.29 is 55.6 Å². The van der Waals surface area contributed by atoms with Gasteiger partial charge >= 0.3 is 5.97 Å². The SMILES string of the molecule is C.CCOc1ccc2nc3c(OC)c(C)c(=O)c(C)c-3oc2c1.COC(=O)c1ccc2nc3c(OC)c(C)c(=O)c(C)c-3oc2c1.COc1c2nc3ccc(C)cc3oc-2c(C)c(=O)c1C.COc1ccc2nc3c(OC)c(C)c(=O)c(C)c-3oc2c1. The first-order chi connectivity index (χ1) is 41.1. The number of carbonyl (C=O) groups is 1. The summed E-state index contributed by atoms with van der Waals surface area (Å²) in [6, 6.07) is 21.4. The summed E-state index contributed by atoms with van der Waals surface area (Å²) >= 11 is 0. The molecule has 20 heteroatoms. The fourth-order valence-corrected chi connectivity index (χ4v) is 10.1. The Labute approximate surface area is 499 Å². The lowest BCUT2D eigenvalue weighted by Crippen LogP contribution is -2.14. The minimum atomic E-state index is -0.468. The van der Waals surface area contributed by atoms with Gasteiger partial charge in [-0.05, 0) is 129 Å². The molecule has 0 atom stereocenters. The Morgan fingerprint density at radius 2 is 0.701 bits per heavy atom. The lowest BCUT2D eigenvalue weighted by Gasteiger charge is -2.15. The van der Waals surface area contributed by atoms with E-state index in [1.54, 1.807) is 92.8 Å². The summed E-state index contributed by atoms with van der Waals surface area (Å²) in [6.45, 7) is 18.3. The van der Waals surface area contributed by atoms with E-state index in [-0.39, 0.29) is 29.1 Å². The molecule has 0 N–H and O–H groups in total. The number of aryl methyl sites for hydroxylation is 1. The lowest BCUT2D eigenvalue weighted by atomic mass is 10.0. The number of carbonyl (C=O) groups excluding carboxylic acids is 1. The molecule has 0 spiro atoms. The van der Waals surface area contributed by atoms with Crippen LogP contribution in [0.4, 0.5) is 0 Å². The molecule has 87 heavy (non-hydrogen) atoms. The van der Waals surface area contributed by atoms with Crippen molar-refractivity contribution in [2.75, 3.05) is 49.3 Å². The van der Waals surface area contributed by atoms with Crippen LogP contribution in [0, 0.1) is 62.3 Å². The summed E-state index contributed by atoms with van der Waals surface area (Å²) in [4.78, 5) is 78.9. The van der Waals surface area contributed by atoms with Gasteiger partial charge in [0, 0.05) is 56.6 Å². The molecular formula is C67H66N4O16. The molecule has 4 heterocycles. The number of rotatable bonds is 8. The first-order valence-corrected chi connectivity index (χ1v) is 27.0. The molecule has 4 aromatic carbocycles. The van der Waals surface area contributed by atoms with Crippen molar-refractivity contribution in [3.05, 3.63) is 169 Å². The van der Waals surface area contributed by atoms with Gasteiger partial charge in [-0.3, -0.25) is 19.2 Å². The molecular weight excluding hydrogens is 1120 g/mol.